The van der Waals surface area contributed by atoms with E-state index in [1.807, 2.05) is 0 Å². The van der Waals surface area contributed by atoms with Crippen molar-refractivity contribution in [1.29, 1.82) is 0 Å². The minimum absolute atomic E-state index is 0.252. The number of carbonyl (C=O) groups excluding carboxylic acids is 1. The third-order valence-corrected chi connectivity index (χ3v) is 6.93. The molecule has 1 fully saturated rings. The van der Waals surface area contributed by atoms with E-state index in [0.29, 0.717) is 43.5 Å². The van der Waals surface area contributed by atoms with Crippen LogP contribution in [0.3, 0.4) is 0 Å². The molecule has 1 aliphatic rings. The number of nitrogens with zero attached hydrogens (tertiary/aromatic N) is 2. The molecule has 9 heteroatoms. The molecule has 6 nitrogen and oxygen atoms in total. The van der Waals surface area contributed by atoms with Crippen molar-refractivity contribution in [3.63, 3.8) is 0 Å². The Morgan fingerprint density at radius 2 is 2.00 bits per heavy atom. The Morgan fingerprint density at radius 1 is 1.33 bits per heavy atom. The van der Waals surface area contributed by atoms with Crippen LogP contribution < -0.4 is 0 Å². The first-order chi connectivity index (χ1) is 9.93. The van der Waals surface area contributed by atoms with E-state index in [0.717, 1.165) is 11.3 Å². The predicted molar refractivity (Wildman–Crippen MR) is 81.2 cm³/mol. The molecule has 0 aliphatic carbocycles. The fourth-order valence-corrected chi connectivity index (χ4v) is 5.17. The van der Waals surface area contributed by atoms with Gasteiger partial charge in [-0.15, -0.1) is 11.3 Å². The van der Waals surface area contributed by atoms with Gasteiger partial charge in [-0.05, 0) is 12.1 Å². The smallest absolute Gasteiger partial charge is 0.306 e. The van der Waals surface area contributed by atoms with Crippen LogP contribution in [0.15, 0.2) is 16.3 Å². The summed E-state index contributed by atoms with van der Waals surface area (Å²) in [4.78, 5) is 13.2. The zero-order valence-electron chi connectivity index (χ0n) is 11.6. The maximum atomic E-state index is 12.4. The van der Waals surface area contributed by atoms with Crippen LogP contribution in [0.25, 0.3) is 0 Å². The lowest BCUT2D eigenvalue weighted by atomic mass is 10.3. The summed E-state index contributed by atoms with van der Waals surface area (Å²) in [6, 6.07) is 3.12. The molecule has 2 rings (SSSR count). The highest BCUT2D eigenvalue weighted by Crippen LogP contribution is 2.28. The molecule has 0 atom stereocenters. The number of sulfonamides is 1. The highest BCUT2D eigenvalue weighted by molar-refractivity contribution is 7.91. The number of thiophene rings is 1. The molecular weight excluding hydrogens is 336 g/mol. The second-order valence-corrected chi connectivity index (χ2v) is 8.51. The lowest BCUT2D eigenvalue weighted by Gasteiger charge is -2.33. The van der Waals surface area contributed by atoms with Crippen LogP contribution in [0.4, 0.5) is 0 Å². The molecule has 0 unspecified atom stereocenters. The Kier molecular flexibility index (Phi) is 5.61. The van der Waals surface area contributed by atoms with Crippen molar-refractivity contribution in [3.05, 3.63) is 16.5 Å². The van der Waals surface area contributed by atoms with E-state index in [-0.39, 0.29) is 10.2 Å². The average Bonchev–Trinajstić information content (AvgIpc) is 2.92. The first-order valence-corrected chi connectivity index (χ1v) is 9.11. The summed E-state index contributed by atoms with van der Waals surface area (Å²) in [5.41, 5.74) is 0. The largest absolute Gasteiger partial charge is 0.469 e. The summed E-state index contributed by atoms with van der Waals surface area (Å²) in [7, 11) is -2.09. The quantitative estimate of drug-likeness (QED) is 0.747. The van der Waals surface area contributed by atoms with Crippen molar-refractivity contribution in [2.45, 2.75) is 10.6 Å². The van der Waals surface area contributed by atoms with Gasteiger partial charge < -0.3 is 9.64 Å². The van der Waals surface area contributed by atoms with Crippen molar-refractivity contribution in [3.8, 4) is 0 Å². The third kappa shape index (κ3) is 4.17. The normalized spacial score (nSPS) is 17.8. The number of rotatable bonds is 5. The van der Waals surface area contributed by atoms with Gasteiger partial charge in [-0.2, -0.15) is 4.31 Å². The lowest BCUT2D eigenvalue weighted by Crippen LogP contribution is -2.48. The third-order valence-electron chi connectivity index (χ3n) is 3.33. The molecule has 1 aromatic heterocycles. The molecule has 0 N–H and O–H groups in total. The maximum absolute atomic E-state index is 12.4. The van der Waals surface area contributed by atoms with Crippen LogP contribution in [0.5, 0.6) is 0 Å². The topological polar surface area (TPSA) is 66.9 Å². The van der Waals surface area contributed by atoms with E-state index >= 15 is 0 Å². The van der Waals surface area contributed by atoms with Gasteiger partial charge in [0.1, 0.15) is 4.21 Å². The first kappa shape index (κ1) is 16.7. The molecule has 0 saturated carbocycles. The second kappa shape index (κ2) is 7.06. The predicted octanol–water partition coefficient (Wildman–Crippen LogP) is 1.27. The Labute approximate surface area is 133 Å². The number of halogens is 1. The molecule has 1 saturated heterocycles. The summed E-state index contributed by atoms with van der Waals surface area (Å²) in [5, 5.41) is 0. The number of esters is 1. The van der Waals surface area contributed by atoms with Crippen LogP contribution in [-0.2, 0) is 19.6 Å². The van der Waals surface area contributed by atoms with Gasteiger partial charge in [-0.3, -0.25) is 4.79 Å². The molecule has 0 amide bonds. The maximum Gasteiger partial charge on any atom is 0.306 e. The highest BCUT2D eigenvalue weighted by atomic mass is 35.5. The fraction of sp³-hybridized carbons (Fsp3) is 0.583. The standard InChI is InChI=1S/C12H17ClN2O4S2/c1-19-11(16)4-5-14-6-8-15(9-7-14)21(17,18)12-3-2-10(13)20-12/h2-3H,4-9H2,1H3. The van der Waals surface area contributed by atoms with Gasteiger partial charge in [0, 0.05) is 32.7 Å². The van der Waals surface area contributed by atoms with Crippen molar-refractivity contribution in [2.75, 3.05) is 39.8 Å². The molecule has 118 valence electrons. The van der Waals surface area contributed by atoms with Gasteiger partial charge in [0.15, 0.2) is 0 Å². The van der Waals surface area contributed by atoms with Crippen molar-refractivity contribution in [1.82, 2.24) is 9.21 Å². The molecule has 0 spiro atoms. The molecule has 0 bridgehead atoms. The molecule has 1 aliphatic heterocycles. The lowest BCUT2D eigenvalue weighted by molar-refractivity contribution is -0.141. The van der Waals surface area contributed by atoms with Crippen LogP contribution in [0, 0.1) is 0 Å². The summed E-state index contributed by atoms with van der Waals surface area (Å²) in [5.74, 6) is -0.252. The van der Waals surface area contributed by atoms with Crippen LogP contribution >= 0.6 is 22.9 Å². The molecule has 0 aromatic carbocycles. The molecule has 1 aromatic rings. The number of hydrogen-bond acceptors (Lipinski definition) is 6. The minimum Gasteiger partial charge on any atom is -0.469 e. The Balaban J connectivity index is 1.90. The van der Waals surface area contributed by atoms with Crippen LogP contribution in [0.2, 0.25) is 4.34 Å². The number of hydrogen-bond donors (Lipinski definition) is 0. The van der Waals surface area contributed by atoms with E-state index in [2.05, 4.69) is 9.64 Å². The SMILES string of the molecule is COC(=O)CCN1CCN(S(=O)(=O)c2ccc(Cl)s2)CC1. The molecule has 21 heavy (non-hydrogen) atoms. The van der Waals surface area contributed by atoms with Crippen LogP contribution in [0.1, 0.15) is 6.42 Å². The van der Waals surface area contributed by atoms with E-state index in [4.69, 9.17) is 11.6 Å². The van der Waals surface area contributed by atoms with Gasteiger partial charge >= 0.3 is 5.97 Å². The number of ether oxygens (including phenoxy) is 1. The van der Waals surface area contributed by atoms with E-state index in [1.165, 1.54) is 17.5 Å². The zero-order chi connectivity index (χ0) is 15.5. The van der Waals surface area contributed by atoms with E-state index in [9.17, 15) is 13.2 Å². The summed E-state index contributed by atoms with van der Waals surface area (Å²) in [6.07, 6.45) is 0.323. The Hall–Kier alpha value is -0.670. The number of piperazine rings is 1. The van der Waals surface area contributed by atoms with Gasteiger partial charge in [-0.25, -0.2) is 8.42 Å². The summed E-state index contributed by atoms with van der Waals surface area (Å²) >= 11 is 6.86. The van der Waals surface area contributed by atoms with Crippen molar-refractivity contribution in [2.24, 2.45) is 0 Å². The number of carbonyl (C=O) groups is 1. The highest BCUT2D eigenvalue weighted by Gasteiger charge is 2.29. The van der Waals surface area contributed by atoms with Gasteiger partial charge in [-0.1, -0.05) is 11.6 Å². The minimum atomic E-state index is -3.45. The van der Waals surface area contributed by atoms with E-state index in [1.54, 1.807) is 6.07 Å². The summed E-state index contributed by atoms with van der Waals surface area (Å²) in [6.45, 7) is 2.63. The molecule has 0 radical (unpaired) electrons. The second-order valence-electron chi connectivity index (χ2n) is 4.63. The van der Waals surface area contributed by atoms with Gasteiger partial charge in [0.2, 0.25) is 0 Å². The Morgan fingerprint density at radius 3 is 2.52 bits per heavy atom. The zero-order valence-corrected chi connectivity index (χ0v) is 14.0. The van der Waals surface area contributed by atoms with Crippen molar-refractivity contribution >= 4 is 38.9 Å². The Bertz CT molecular complexity index is 594. The van der Waals surface area contributed by atoms with Crippen LogP contribution in [-0.4, -0.2) is 63.4 Å². The van der Waals surface area contributed by atoms with Crippen molar-refractivity contribution < 1.29 is 17.9 Å². The number of methoxy groups -OCH3 is 1. The van der Waals surface area contributed by atoms with Gasteiger partial charge in [0.05, 0.1) is 17.9 Å². The summed E-state index contributed by atoms with van der Waals surface area (Å²) < 4.78 is 31.6. The first-order valence-electron chi connectivity index (χ1n) is 6.48. The van der Waals surface area contributed by atoms with E-state index < -0.39 is 10.0 Å². The average molecular weight is 353 g/mol. The molecule has 2 heterocycles. The monoisotopic (exact) mass is 352 g/mol. The fourth-order valence-electron chi connectivity index (χ4n) is 2.11. The molecular formula is C12H17ClN2O4S2. The van der Waals surface area contributed by atoms with Gasteiger partial charge in [0.25, 0.3) is 10.0 Å².